The van der Waals surface area contributed by atoms with Crippen LogP contribution in [0.15, 0.2) is 24.3 Å². The first-order valence-electron chi connectivity index (χ1n) is 7.06. The van der Waals surface area contributed by atoms with Crippen molar-refractivity contribution in [2.24, 2.45) is 0 Å². The van der Waals surface area contributed by atoms with Gasteiger partial charge >= 0.3 is 0 Å². The molecule has 5 heteroatoms. The highest BCUT2D eigenvalue weighted by Crippen LogP contribution is 2.22. The van der Waals surface area contributed by atoms with Crippen molar-refractivity contribution in [3.8, 4) is 0 Å². The van der Waals surface area contributed by atoms with Crippen LogP contribution >= 0.6 is 0 Å². The molecule has 110 valence electrons. The summed E-state index contributed by atoms with van der Waals surface area (Å²) in [5.74, 6) is -0.219. The largest absolute Gasteiger partial charge is 0.353 e. The van der Waals surface area contributed by atoms with Crippen LogP contribution in [-0.4, -0.2) is 43.0 Å². The molecule has 0 saturated carbocycles. The first-order valence-corrected chi connectivity index (χ1v) is 7.06. The van der Waals surface area contributed by atoms with Crippen molar-refractivity contribution in [1.29, 1.82) is 0 Å². The summed E-state index contributed by atoms with van der Waals surface area (Å²) in [5.41, 5.74) is 0.912. The van der Waals surface area contributed by atoms with Gasteiger partial charge in [0.05, 0.1) is 6.54 Å². The molecule has 1 atom stereocenters. The molecule has 0 spiro atoms. The second-order valence-corrected chi connectivity index (χ2v) is 5.47. The van der Waals surface area contributed by atoms with Crippen LogP contribution in [0, 0.1) is 5.82 Å². The van der Waals surface area contributed by atoms with Crippen molar-refractivity contribution in [3.05, 3.63) is 35.6 Å². The fourth-order valence-corrected chi connectivity index (χ4v) is 2.53. The molecular formula is C15H22FN3O. The Morgan fingerprint density at radius 1 is 1.55 bits per heavy atom. The van der Waals surface area contributed by atoms with Crippen LogP contribution in [0.4, 0.5) is 4.39 Å². The van der Waals surface area contributed by atoms with E-state index in [0.29, 0.717) is 6.54 Å². The van der Waals surface area contributed by atoms with Gasteiger partial charge < -0.3 is 10.6 Å². The van der Waals surface area contributed by atoms with Crippen LogP contribution < -0.4 is 10.6 Å². The van der Waals surface area contributed by atoms with Gasteiger partial charge in [0.25, 0.3) is 0 Å². The topological polar surface area (TPSA) is 44.4 Å². The average molecular weight is 279 g/mol. The summed E-state index contributed by atoms with van der Waals surface area (Å²) in [5, 5.41) is 6.20. The van der Waals surface area contributed by atoms with Crippen LogP contribution in [0.1, 0.15) is 25.5 Å². The van der Waals surface area contributed by atoms with Gasteiger partial charge in [0.15, 0.2) is 0 Å². The first kappa shape index (κ1) is 14.9. The molecule has 1 heterocycles. The van der Waals surface area contributed by atoms with Crippen LogP contribution in [-0.2, 0) is 4.79 Å². The number of hydrogen-bond acceptors (Lipinski definition) is 3. The lowest BCUT2D eigenvalue weighted by molar-refractivity contribution is -0.123. The molecule has 0 aliphatic carbocycles. The molecule has 1 aromatic rings. The fourth-order valence-electron chi connectivity index (χ4n) is 2.53. The quantitative estimate of drug-likeness (QED) is 0.873. The average Bonchev–Trinajstić information content (AvgIpc) is 2.38. The second kappa shape index (κ2) is 6.81. The van der Waals surface area contributed by atoms with Crippen molar-refractivity contribution < 1.29 is 9.18 Å². The molecule has 1 amide bonds. The number of piperazine rings is 1. The van der Waals surface area contributed by atoms with Gasteiger partial charge in [0, 0.05) is 31.7 Å². The Bertz CT molecular complexity index is 464. The highest BCUT2D eigenvalue weighted by molar-refractivity contribution is 5.78. The fraction of sp³-hybridized carbons (Fsp3) is 0.533. The maximum Gasteiger partial charge on any atom is 0.234 e. The van der Waals surface area contributed by atoms with Crippen molar-refractivity contribution in [2.45, 2.75) is 25.9 Å². The maximum atomic E-state index is 13.4. The molecule has 2 rings (SSSR count). The minimum absolute atomic E-state index is 0.0169. The Morgan fingerprint density at radius 2 is 2.35 bits per heavy atom. The Kier molecular flexibility index (Phi) is 5.09. The van der Waals surface area contributed by atoms with E-state index in [4.69, 9.17) is 0 Å². The summed E-state index contributed by atoms with van der Waals surface area (Å²) >= 11 is 0. The van der Waals surface area contributed by atoms with E-state index in [1.54, 1.807) is 12.1 Å². The number of nitrogens with zero attached hydrogens (tertiary/aromatic N) is 1. The van der Waals surface area contributed by atoms with Gasteiger partial charge in [-0.2, -0.15) is 0 Å². The third-order valence-electron chi connectivity index (χ3n) is 3.38. The maximum absolute atomic E-state index is 13.4. The molecule has 0 aromatic heterocycles. The van der Waals surface area contributed by atoms with E-state index in [2.05, 4.69) is 15.5 Å². The third-order valence-corrected chi connectivity index (χ3v) is 3.38. The standard InChI is InChI=1S/C15H22FN3O/c1-11(2)18-15(20)10-19-7-6-17-9-14(19)12-4-3-5-13(16)8-12/h3-5,8,11,14,17H,6-7,9-10H2,1-2H3,(H,18,20). The summed E-state index contributed by atoms with van der Waals surface area (Å²) in [4.78, 5) is 14.0. The zero-order valence-electron chi connectivity index (χ0n) is 12.0. The normalized spacial score (nSPS) is 20.1. The van der Waals surface area contributed by atoms with Gasteiger partial charge in [-0.25, -0.2) is 4.39 Å². The van der Waals surface area contributed by atoms with Crippen LogP contribution in [0.5, 0.6) is 0 Å². The lowest BCUT2D eigenvalue weighted by Gasteiger charge is -2.36. The number of benzene rings is 1. The Morgan fingerprint density at radius 3 is 3.05 bits per heavy atom. The molecule has 1 saturated heterocycles. The van der Waals surface area contributed by atoms with Gasteiger partial charge in [-0.15, -0.1) is 0 Å². The van der Waals surface area contributed by atoms with E-state index in [-0.39, 0.29) is 23.8 Å². The smallest absolute Gasteiger partial charge is 0.234 e. The molecule has 20 heavy (non-hydrogen) atoms. The number of hydrogen-bond donors (Lipinski definition) is 2. The summed E-state index contributed by atoms with van der Waals surface area (Å²) in [7, 11) is 0. The predicted molar refractivity (Wildman–Crippen MR) is 76.9 cm³/mol. The van der Waals surface area contributed by atoms with Gasteiger partial charge in [-0.1, -0.05) is 12.1 Å². The zero-order valence-corrected chi connectivity index (χ0v) is 12.0. The van der Waals surface area contributed by atoms with Crippen molar-refractivity contribution in [2.75, 3.05) is 26.2 Å². The lowest BCUT2D eigenvalue weighted by atomic mass is 10.0. The van der Waals surface area contributed by atoms with Gasteiger partial charge in [-0.3, -0.25) is 9.69 Å². The third kappa shape index (κ3) is 4.02. The SMILES string of the molecule is CC(C)NC(=O)CN1CCNCC1c1cccc(F)c1. The number of carbonyl (C=O) groups is 1. The number of carbonyl (C=O) groups excluding carboxylic acids is 1. The number of nitrogens with one attached hydrogen (secondary N) is 2. The van der Waals surface area contributed by atoms with E-state index < -0.39 is 0 Å². The van der Waals surface area contributed by atoms with E-state index in [9.17, 15) is 9.18 Å². The monoisotopic (exact) mass is 279 g/mol. The van der Waals surface area contributed by atoms with Crippen LogP contribution in [0.25, 0.3) is 0 Å². The minimum Gasteiger partial charge on any atom is -0.353 e. The Labute approximate surface area is 119 Å². The molecule has 0 radical (unpaired) electrons. The van der Waals surface area contributed by atoms with E-state index in [1.807, 2.05) is 19.9 Å². The molecule has 1 aliphatic heterocycles. The van der Waals surface area contributed by atoms with E-state index in [0.717, 1.165) is 25.2 Å². The molecule has 1 unspecified atom stereocenters. The van der Waals surface area contributed by atoms with Crippen molar-refractivity contribution >= 4 is 5.91 Å². The summed E-state index contributed by atoms with van der Waals surface area (Å²) < 4.78 is 13.4. The van der Waals surface area contributed by atoms with Crippen LogP contribution in [0.3, 0.4) is 0 Å². The molecular weight excluding hydrogens is 257 g/mol. The van der Waals surface area contributed by atoms with Crippen molar-refractivity contribution in [1.82, 2.24) is 15.5 Å². The van der Waals surface area contributed by atoms with Crippen LogP contribution in [0.2, 0.25) is 0 Å². The highest BCUT2D eigenvalue weighted by atomic mass is 19.1. The van der Waals surface area contributed by atoms with Gasteiger partial charge in [0.2, 0.25) is 5.91 Å². The Balaban J connectivity index is 2.07. The molecule has 1 fully saturated rings. The van der Waals surface area contributed by atoms with E-state index in [1.165, 1.54) is 6.07 Å². The molecule has 1 aromatic carbocycles. The van der Waals surface area contributed by atoms with Gasteiger partial charge in [-0.05, 0) is 31.5 Å². The number of amides is 1. The molecule has 1 aliphatic rings. The second-order valence-electron chi connectivity index (χ2n) is 5.47. The summed E-state index contributed by atoms with van der Waals surface area (Å²) in [6, 6.07) is 6.79. The van der Waals surface area contributed by atoms with Gasteiger partial charge in [0.1, 0.15) is 5.82 Å². The van der Waals surface area contributed by atoms with E-state index >= 15 is 0 Å². The van der Waals surface area contributed by atoms with Crippen molar-refractivity contribution in [3.63, 3.8) is 0 Å². The Hall–Kier alpha value is -1.46. The molecule has 4 nitrogen and oxygen atoms in total. The predicted octanol–water partition coefficient (Wildman–Crippen LogP) is 1.30. The lowest BCUT2D eigenvalue weighted by Crippen LogP contribution is -2.50. The summed E-state index contributed by atoms with van der Waals surface area (Å²) in [6.45, 7) is 6.60. The minimum atomic E-state index is -0.236. The zero-order chi connectivity index (χ0) is 14.5. The molecule has 2 N–H and O–H groups in total. The highest BCUT2D eigenvalue weighted by Gasteiger charge is 2.25. The number of halogens is 1. The first-order chi connectivity index (χ1) is 9.56. The summed E-state index contributed by atoms with van der Waals surface area (Å²) in [6.07, 6.45) is 0. The molecule has 0 bridgehead atoms. The number of rotatable bonds is 4.